The molecular formula is C16H30N2O. The molecule has 0 aliphatic heterocycles. The zero-order chi connectivity index (χ0) is 14.1. The largest absolute Gasteiger partial charge is 0.396 e. The monoisotopic (exact) mass is 266 g/mol. The fourth-order valence-electron chi connectivity index (χ4n) is 3.36. The molecule has 1 aliphatic carbocycles. The molecule has 1 N–H and O–H groups in total. The van der Waals surface area contributed by atoms with E-state index in [1.165, 1.54) is 25.7 Å². The van der Waals surface area contributed by atoms with Gasteiger partial charge in [0.25, 0.3) is 0 Å². The second kappa shape index (κ2) is 9.34. The molecule has 0 aromatic carbocycles. The third-order valence-corrected chi connectivity index (χ3v) is 4.52. The molecule has 0 aromatic rings. The van der Waals surface area contributed by atoms with E-state index in [-0.39, 0.29) is 5.92 Å². The Kier molecular flexibility index (Phi) is 8.09. The van der Waals surface area contributed by atoms with E-state index in [2.05, 4.69) is 24.9 Å². The number of unbranched alkanes of at least 4 members (excludes halogenated alkanes) is 2. The Morgan fingerprint density at radius 1 is 1.26 bits per heavy atom. The molecule has 1 fully saturated rings. The zero-order valence-corrected chi connectivity index (χ0v) is 12.6. The maximum absolute atomic E-state index is 9.33. The lowest BCUT2D eigenvalue weighted by atomic mass is 9.76. The summed E-state index contributed by atoms with van der Waals surface area (Å²) in [6, 6.07) is 2.97. The first-order chi connectivity index (χ1) is 9.22. The summed E-state index contributed by atoms with van der Waals surface area (Å²) in [6.07, 6.45) is 9.20. The van der Waals surface area contributed by atoms with Crippen molar-refractivity contribution in [3.05, 3.63) is 0 Å². The van der Waals surface area contributed by atoms with Crippen molar-refractivity contribution in [2.75, 3.05) is 20.2 Å². The van der Waals surface area contributed by atoms with Crippen LogP contribution in [0.1, 0.15) is 58.3 Å². The molecule has 0 aromatic heterocycles. The van der Waals surface area contributed by atoms with Gasteiger partial charge in [0.05, 0.1) is 12.0 Å². The zero-order valence-electron chi connectivity index (χ0n) is 12.6. The minimum Gasteiger partial charge on any atom is -0.396 e. The highest BCUT2D eigenvalue weighted by molar-refractivity contribution is 4.97. The maximum Gasteiger partial charge on any atom is 0.0672 e. The molecule has 19 heavy (non-hydrogen) atoms. The van der Waals surface area contributed by atoms with Gasteiger partial charge in [0.15, 0.2) is 0 Å². The molecule has 1 saturated carbocycles. The number of hydrogen-bond acceptors (Lipinski definition) is 3. The predicted molar refractivity (Wildman–Crippen MR) is 78.7 cm³/mol. The first-order valence-corrected chi connectivity index (χ1v) is 7.93. The Morgan fingerprint density at radius 2 is 2.05 bits per heavy atom. The minimum absolute atomic E-state index is 0.218. The number of aliphatic hydroxyl groups is 1. The van der Waals surface area contributed by atoms with Crippen molar-refractivity contribution in [2.24, 2.45) is 11.8 Å². The van der Waals surface area contributed by atoms with Crippen LogP contribution in [0.4, 0.5) is 0 Å². The van der Waals surface area contributed by atoms with Crippen molar-refractivity contribution in [1.29, 1.82) is 5.26 Å². The van der Waals surface area contributed by atoms with Gasteiger partial charge in [0.2, 0.25) is 0 Å². The van der Waals surface area contributed by atoms with Gasteiger partial charge in [-0.1, -0.05) is 19.8 Å². The van der Waals surface area contributed by atoms with Crippen LogP contribution >= 0.6 is 0 Å². The molecule has 0 radical (unpaired) electrons. The van der Waals surface area contributed by atoms with Crippen molar-refractivity contribution < 1.29 is 5.11 Å². The molecule has 3 heteroatoms. The van der Waals surface area contributed by atoms with Crippen LogP contribution in [-0.2, 0) is 0 Å². The Morgan fingerprint density at radius 3 is 2.68 bits per heavy atom. The fourth-order valence-corrected chi connectivity index (χ4v) is 3.36. The van der Waals surface area contributed by atoms with Gasteiger partial charge in [-0.3, -0.25) is 0 Å². The maximum atomic E-state index is 9.33. The highest BCUT2D eigenvalue weighted by atomic mass is 16.2. The molecule has 0 saturated heterocycles. The third-order valence-electron chi connectivity index (χ3n) is 4.52. The van der Waals surface area contributed by atoms with Crippen LogP contribution in [0.2, 0.25) is 0 Å². The van der Waals surface area contributed by atoms with E-state index in [4.69, 9.17) is 5.11 Å². The van der Waals surface area contributed by atoms with Gasteiger partial charge < -0.3 is 10.0 Å². The number of aliphatic hydroxyl groups excluding tert-OH is 1. The number of nitrogens with zero attached hydrogens (tertiary/aromatic N) is 2. The van der Waals surface area contributed by atoms with Crippen LogP contribution in [0.5, 0.6) is 0 Å². The molecule has 0 heterocycles. The molecule has 3 nitrogen and oxygen atoms in total. The number of rotatable bonds is 8. The van der Waals surface area contributed by atoms with Crippen molar-refractivity contribution in [3.8, 4) is 6.07 Å². The molecule has 1 aliphatic rings. The van der Waals surface area contributed by atoms with Gasteiger partial charge in [-0.15, -0.1) is 0 Å². The van der Waals surface area contributed by atoms with E-state index in [0.29, 0.717) is 12.6 Å². The van der Waals surface area contributed by atoms with E-state index >= 15 is 0 Å². The standard InChI is InChI=1S/C16H30N2O/c1-3-7-14-8-9-15(13-17)16(12-14)18(2)10-5-4-6-11-19/h14-16,19H,3-12H2,1-2H3. The van der Waals surface area contributed by atoms with Gasteiger partial charge in [-0.05, 0) is 58.0 Å². The minimum atomic E-state index is 0.218. The average molecular weight is 266 g/mol. The third kappa shape index (κ3) is 5.50. The summed E-state index contributed by atoms with van der Waals surface area (Å²) >= 11 is 0. The first kappa shape index (κ1) is 16.5. The molecule has 3 atom stereocenters. The van der Waals surface area contributed by atoms with Crippen LogP contribution in [0.25, 0.3) is 0 Å². The Labute approximate surface area is 118 Å². The summed E-state index contributed by atoms with van der Waals surface area (Å²) in [5.74, 6) is 1.04. The van der Waals surface area contributed by atoms with Crippen LogP contribution in [0.15, 0.2) is 0 Å². The quantitative estimate of drug-likeness (QED) is 0.686. The van der Waals surface area contributed by atoms with Crippen molar-refractivity contribution >= 4 is 0 Å². The van der Waals surface area contributed by atoms with Gasteiger partial charge in [-0.25, -0.2) is 0 Å². The van der Waals surface area contributed by atoms with Crippen molar-refractivity contribution in [3.63, 3.8) is 0 Å². The molecule has 3 unspecified atom stereocenters. The topological polar surface area (TPSA) is 47.3 Å². The fraction of sp³-hybridized carbons (Fsp3) is 0.938. The molecule has 0 spiro atoms. The second-order valence-corrected chi connectivity index (χ2v) is 6.04. The van der Waals surface area contributed by atoms with Crippen molar-refractivity contribution in [1.82, 2.24) is 4.90 Å². The van der Waals surface area contributed by atoms with E-state index in [1.807, 2.05) is 0 Å². The smallest absolute Gasteiger partial charge is 0.0672 e. The molecule has 0 amide bonds. The summed E-state index contributed by atoms with van der Waals surface area (Å²) in [5.41, 5.74) is 0. The van der Waals surface area contributed by atoms with Crippen LogP contribution < -0.4 is 0 Å². The van der Waals surface area contributed by atoms with E-state index < -0.39 is 0 Å². The molecule has 0 bridgehead atoms. The van der Waals surface area contributed by atoms with Crippen molar-refractivity contribution in [2.45, 2.75) is 64.3 Å². The van der Waals surface area contributed by atoms with Crippen LogP contribution in [-0.4, -0.2) is 36.2 Å². The van der Waals surface area contributed by atoms with Crippen LogP contribution in [0.3, 0.4) is 0 Å². The number of hydrogen-bond donors (Lipinski definition) is 1. The first-order valence-electron chi connectivity index (χ1n) is 7.93. The van der Waals surface area contributed by atoms with Crippen LogP contribution in [0, 0.1) is 23.2 Å². The summed E-state index contributed by atoms with van der Waals surface area (Å²) < 4.78 is 0. The van der Waals surface area contributed by atoms with E-state index in [1.54, 1.807) is 0 Å². The Bertz CT molecular complexity index is 274. The van der Waals surface area contributed by atoms with Gasteiger partial charge in [0.1, 0.15) is 0 Å². The SMILES string of the molecule is CCCC1CCC(C#N)C(N(C)CCCCCO)C1. The summed E-state index contributed by atoms with van der Waals surface area (Å²) in [7, 11) is 2.17. The van der Waals surface area contributed by atoms with E-state index in [0.717, 1.165) is 38.1 Å². The molecule has 110 valence electrons. The second-order valence-electron chi connectivity index (χ2n) is 6.04. The van der Waals surface area contributed by atoms with Gasteiger partial charge in [-0.2, -0.15) is 5.26 Å². The normalized spacial score (nSPS) is 27.4. The summed E-state index contributed by atoms with van der Waals surface area (Å²) in [5, 5.41) is 18.1. The lowest BCUT2D eigenvalue weighted by Gasteiger charge is -2.38. The Balaban J connectivity index is 2.42. The summed E-state index contributed by atoms with van der Waals surface area (Å²) in [4.78, 5) is 2.40. The molecular weight excluding hydrogens is 236 g/mol. The average Bonchev–Trinajstić information content (AvgIpc) is 2.43. The van der Waals surface area contributed by atoms with E-state index in [9.17, 15) is 5.26 Å². The lowest BCUT2D eigenvalue weighted by molar-refractivity contribution is 0.119. The predicted octanol–water partition coefficient (Wildman–Crippen LogP) is 3.19. The van der Waals surface area contributed by atoms with Gasteiger partial charge >= 0.3 is 0 Å². The molecule has 1 rings (SSSR count). The highest BCUT2D eigenvalue weighted by Crippen LogP contribution is 2.34. The Hall–Kier alpha value is -0.590. The number of nitriles is 1. The summed E-state index contributed by atoms with van der Waals surface area (Å²) in [6.45, 7) is 3.61. The van der Waals surface area contributed by atoms with Gasteiger partial charge in [0, 0.05) is 12.6 Å². The highest BCUT2D eigenvalue weighted by Gasteiger charge is 2.32. The lowest BCUT2D eigenvalue weighted by Crippen LogP contribution is -2.42.